The molecule has 101 valence electrons. The van der Waals surface area contributed by atoms with Crippen molar-refractivity contribution >= 4 is 0 Å². The second kappa shape index (κ2) is 9.19. The number of hydrogen-bond acceptors (Lipinski definition) is 0. The van der Waals surface area contributed by atoms with E-state index in [1.54, 1.807) is 0 Å². The van der Waals surface area contributed by atoms with Crippen LogP contribution in [-0.2, 0) is 6.42 Å². The minimum absolute atomic E-state index is 1.25. The number of unbranched alkanes of at least 4 members (excludes halogenated alkanes) is 7. The maximum Gasteiger partial charge on any atom is -0.0149 e. The van der Waals surface area contributed by atoms with Gasteiger partial charge in [0.2, 0.25) is 0 Å². The molecule has 0 spiro atoms. The normalized spacial score (nSPS) is 10.8. The first-order valence-corrected chi connectivity index (χ1v) is 7.72. The average molecular weight is 245 g/mol. The van der Waals surface area contributed by atoms with Crippen molar-refractivity contribution in [3.05, 3.63) is 34.9 Å². The molecule has 0 aromatic heterocycles. The smallest absolute Gasteiger partial charge is 0.0149 e. The van der Waals surface area contributed by atoms with Crippen LogP contribution < -0.4 is 0 Å². The standard InChI is InChI=1S/C18H29/c1-4-5-6-7-8-9-10-11-14-18-15-12-13-16(2)17(18)3/h12,15H,4-11,14H2,1-3H3. The summed E-state index contributed by atoms with van der Waals surface area (Å²) >= 11 is 0. The lowest BCUT2D eigenvalue weighted by Gasteiger charge is -2.08. The van der Waals surface area contributed by atoms with Gasteiger partial charge in [-0.1, -0.05) is 64.0 Å². The highest BCUT2D eigenvalue weighted by molar-refractivity contribution is 5.32. The van der Waals surface area contributed by atoms with E-state index in [0.717, 1.165) is 0 Å². The van der Waals surface area contributed by atoms with Gasteiger partial charge >= 0.3 is 0 Å². The monoisotopic (exact) mass is 245 g/mol. The van der Waals surface area contributed by atoms with E-state index in [2.05, 4.69) is 39.0 Å². The van der Waals surface area contributed by atoms with Gasteiger partial charge in [-0.15, -0.1) is 0 Å². The maximum absolute atomic E-state index is 3.27. The lowest BCUT2D eigenvalue weighted by Crippen LogP contribution is -1.92. The van der Waals surface area contributed by atoms with Crippen molar-refractivity contribution in [2.75, 3.05) is 0 Å². The highest BCUT2D eigenvalue weighted by Crippen LogP contribution is 2.16. The Morgan fingerprint density at radius 3 is 2.17 bits per heavy atom. The zero-order valence-corrected chi connectivity index (χ0v) is 12.5. The van der Waals surface area contributed by atoms with Crippen LogP contribution in [0.15, 0.2) is 12.1 Å². The summed E-state index contributed by atoms with van der Waals surface area (Å²) in [5.41, 5.74) is 4.28. The predicted octanol–water partition coefficient (Wildman–Crippen LogP) is 5.79. The Kier molecular flexibility index (Phi) is 7.80. The maximum atomic E-state index is 3.27. The SMILES string of the molecule is CCCCCCCCCCc1cc[c]c(C)c1C. The first kappa shape index (κ1) is 15.3. The van der Waals surface area contributed by atoms with Crippen molar-refractivity contribution in [1.29, 1.82) is 0 Å². The topological polar surface area (TPSA) is 0 Å². The van der Waals surface area contributed by atoms with Crippen LogP contribution in [-0.4, -0.2) is 0 Å². The second-order valence-electron chi connectivity index (χ2n) is 5.48. The minimum Gasteiger partial charge on any atom is -0.0654 e. The van der Waals surface area contributed by atoms with Gasteiger partial charge in [-0.05, 0) is 49.4 Å². The highest BCUT2D eigenvalue weighted by atomic mass is 14.1. The first-order valence-electron chi connectivity index (χ1n) is 7.72. The minimum atomic E-state index is 1.25. The molecule has 0 fully saturated rings. The summed E-state index contributed by atoms with van der Waals surface area (Å²) in [5.74, 6) is 0. The molecule has 0 unspecified atom stereocenters. The van der Waals surface area contributed by atoms with Gasteiger partial charge in [-0.2, -0.15) is 0 Å². The summed E-state index contributed by atoms with van der Waals surface area (Å²) < 4.78 is 0. The molecule has 0 heteroatoms. The van der Waals surface area contributed by atoms with E-state index < -0.39 is 0 Å². The van der Waals surface area contributed by atoms with Crippen LogP contribution in [0.3, 0.4) is 0 Å². The third kappa shape index (κ3) is 5.71. The fourth-order valence-corrected chi connectivity index (χ4v) is 2.46. The van der Waals surface area contributed by atoms with Crippen molar-refractivity contribution in [2.24, 2.45) is 0 Å². The number of aryl methyl sites for hydroxylation is 2. The average Bonchev–Trinajstić information content (AvgIpc) is 2.37. The van der Waals surface area contributed by atoms with Crippen molar-refractivity contribution in [3.8, 4) is 0 Å². The lowest BCUT2D eigenvalue weighted by atomic mass is 9.98. The largest absolute Gasteiger partial charge is 0.0654 e. The van der Waals surface area contributed by atoms with E-state index in [-0.39, 0.29) is 0 Å². The Morgan fingerprint density at radius 1 is 0.889 bits per heavy atom. The summed E-state index contributed by atoms with van der Waals surface area (Å²) in [6.07, 6.45) is 12.5. The quantitative estimate of drug-likeness (QED) is 0.483. The van der Waals surface area contributed by atoms with Gasteiger partial charge in [-0.25, -0.2) is 0 Å². The molecule has 0 nitrogen and oxygen atoms in total. The van der Waals surface area contributed by atoms with Crippen molar-refractivity contribution in [3.63, 3.8) is 0 Å². The molecule has 0 saturated heterocycles. The third-order valence-electron chi connectivity index (χ3n) is 3.93. The van der Waals surface area contributed by atoms with Crippen LogP contribution in [0.5, 0.6) is 0 Å². The van der Waals surface area contributed by atoms with Crippen LogP contribution in [0, 0.1) is 19.9 Å². The Hall–Kier alpha value is -0.780. The number of hydrogen-bond donors (Lipinski definition) is 0. The van der Waals surface area contributed by atoms with Gasteiger partial charge in [0.05, 0.1) is 0 Å². The third-order valence-corrected chi connectivity index (χ3v) is 3.93. The zero-order valence-electron chi connectivity index (χ0n) is 12.5. The van der Waals surface area contributed by atoms with Gasteiger partial charge < -0.3 is 0 Å². The molecule has 0 bridgehead atoms. The van der Waals surface area contributed by atoms with Crippen molar-refractivity contribution < 1.29 is 0 Å². The molecule has 0 saturated carbocycles. The fraction of sp³-hybridized carbons (Fsp3) is 0.667. The molecule has 1 aromatic rings. The van der Waals surface area contributed by atoms with Crippen LogP contribution in [0.2, 0.25) is 0 Å². The molecular weight excluding hydrogens is 216 g/mol. The number of rotatable bonds is 9. The van der Waals surface area contributed by atoms with E-state index in [9.17, 15) is 0 Å². The Morgan fingerprint density at radius 2 is 1.50 bits per heavy atom. The lowest BCUT2D eigenvalue weighted by molar-refractivity contribution is 0.575. The molecule has 0 amide bonds. The van der Waals surface area contributed by atoms with Gasteiger partial charge in [-0.3, -0.25) is 0 Å². The summed E-state index contributed by atoms with van der Waals surface area (Å²) in [5, 5.41) is 0. The molecule has 1 rings (SSSR count). The van der Waals surface area contributed by atoms with E-state index in [0.29, 0.717) is 0 Å². The summed E-state index contributed by atoms with van der Waals surface area (Å²) in [7, 11) is 0. The Labute approximate surface area is 114 Å². The molecule has 0 aliphatic rings. The highest BCUT2D eigenvalue weighted by Gasteiger charge is 2.00. The van der Waals surface area contributed by atoms with Crippen LogP contribution >= 0.6 is 0 Å². The van der Waals surface area contributed by atoms with Crippen LogP contribution in [0.25, 0.3) is 0 Å². The number of benzene rings is 1. The molecule has 1 radical (unpaired) electrons. The predicted molar refractivity (Wildman–Crippen MR) is 81.1 cm³/mol. The van der Waals surface area contributed by atoms with E-state index in [4.69, 9.17) is 0 Å². The van der Waals surface area contributed by atoms with Gasteiger partial charge in [0.1, 0.15) is 0 Å². The van der Waals surface area contributed by atoms with E-state index in [1.807, 2.05) is 0 Å². The molecule has 0 heterocycles. The Balaban J connectivity index is 2.09. The molecule has 0 atom stereocenters. The molecule has 18 heavy (non-hydrogen) atoms. The van der Waals surface area contributed by atoms with E-state index in [1.165, 1.54) is 74.5 Å². The molecule has 1 aromatic carbocycles. The van der Waals surface area contributed by atoms with Crippen molar-refractivity contribution in [1.82, 2.24) is 0 Å². The summed E-state index contributed by atoms with van der Waals surface area (Å²) in [6, 6.07) is 7.58. The molecule has 0 N–H and O–H groups in total. The van der Waals surface area contributed by atoms with Crippen LogP contribution in [0.4, 0.5) is 0 Å². The Bertz CT molecular complexity index is 325. The van der Waals surface area contributed by atoms with Gasteiger partial charge in [0.25, 0.3) is 0 Å². The molecular formula is C18H29. The van der Waals surface area contributed by atoms with Gasteiger partial charge in [0, 0.05) is 0 Å². The van der Waals surface area contributed by atoms with Crippen LogP contribution in [0.1, 0.15) is 75.0 Å². The van der Waals surface area contributed by atoms with Gasteiger partial charge in [0.15, 0.2) is 0 Å². The molecule has 0 aliphatic carbocycles. The summed E-state index contributed by atoms with van der Waals surface area (Å²) in [6.45, 7) is 6.67. The van der Waals surface area contributed by atoms with Crippen molar-refractivity contribution in [2.45, 2.75) is 78.6 Å². The summed E-state index contributed by atoms with van der Waals surface area (Å²) in [4.78, 5) is 0. The first-order chi connectivity index (χ1) is 8.75. The second-order valence-corrected chi connectivity index (χ2v) is 5.48. The molecule has 0 aliphatic heterocycles. The zero-order chi connectivity index (χ0) is 13.2. The fourth-order valence-electron chi connectivity index (χ4n) is 2.46. The van der Waals surface area contributed by atoms with E-state index >= 15 is 0 Å².